The molecule has 0 saturated heterocycles. The summed E-state index contributed by atoms with van der Waals surface area (Å²) in [6.07, 6.45) is 2.58. The summed E-state index contributed by atoms with van der Waals surface area (Å²) in [7, 11) is 0. The number of aliphatic carboxylic acids is 1. The van der Waals surface area contributed by atoms with Crippen molar-refractivity contribution in [1.82, 2.24) is 0 Å². The summed E-state index contributed by atoms with van der Waals surface area (Å²) in [5, 5.41) is 9.10. The molecule has 0 spiro atoms. The molecule has 3 N–H and O–H groups in total. The normalized spacial score (nSPS) is 14.1. The molecule has 3 heteroatoms. The third-order valence-electron chi connectivity index (χ3n) is 4.05. The Morgan fingerprint density at radius 2 is 2.05 bits per heavy atom. The van der Waals surface area contributed by atoms with Crippen LogP contribution in [0.4, 0.5) is 0 Å². The van der Waals surface area contributed by atoms with Gasteiger partial charge in [0.25, 0.3) is 0 Å². The number of rotatable bonds is 7. The number of aryl methyl sites for hydroxylation is 1. The molecule has 3 nitrogen and oxygen atoms in total. The summed E-state index contributed by atoms with van der Waals surface area (Å²) in [4.78, 5) is 11.1. The Morgan fingerprint density at radius 3 is 2.58 bits per heavy atom. The van der Waals surface area contributed by atoms with Crippen LogP contribution in [0.5, 0.6) is 0 Å². The van der Waals surface area contributed by atoms with E-state index in [0.717, 1.165) is 12.8 Å². The first-order chi connectivity index (χ1) is 8.99. The molecule has 0 aliphatic heterocycles. The third kappa shape index (κ3) is 4.35. The number of carboxylic acid groups (broad SMARTS) is 1. The van der Waals surface area contributed by atoms with E-state index in [4.69, 9.17) is 10.8 Å². The van der Waals surface area contributed by atoms with Crippen molar-refractivity contribution in [2.45, 2.75) is 40.0 Å². The van der Waals surface area contributed by atoms with E-state index in [1.54, 1.807) is 0 Å². The van der Waals surface area contributed by atoms with Crippen LogP contribution in [0, 0.1) is 25.7 Å². The van der Waals surface area contributed by atoms with E-state index in [2.05, 4.69) is 39.0 Å². The highest BCUT2D eigenvalue weighted by Gasteiger charge is 2.21. The first-order valence-electron chi connectivity index (χ1n) is 6.97. The van der Waals surface area contributed by atoms with Crippen LogP contribution >= 0.6 is 0 Å². The number of hydrogen-bond donors (Lipinski definition) is 2. The molecule has 0 aromatic heterocycles. The van der Waals surface area contributed by atoms with E-state index in [9.17, 15) is 4.79 Å². The number of benzene rings is 1. The topological polar surface area (TPSA) is 63.3 Å². The lowest BCUT2D eigenvalue weighted by molar-refractivity contribution is -0.142. The number of carbonyl (C=O) groups is 1. The van der Waals surface area contributed by atoms with Crippen molar-refractivity contribution in [2.24, 2.45) is 17.6 Å². The Hall–Kier alpha value is -1.35. The molecule has 0 saturated carbocycles. The zero-order valence-corrected chi connectivity index (χ0v) is 12.1. The van der Waals surface area contributed by atoms with Gasteiger partial charge in [0, 0.05) is 6.54 Å². The zero-order chi connectivity index (χ0) is 14.4. The van der Waals surface area contributed by atoms with Crippen LogP contribution in [0.1, 0.15) is 36.5 Å². The minimum atomic E-state index is -0.776. The minimum absolute atomic E-state index is 0.221. The van der Waals surface area contributed by atoms with Crippen molar-refractivity contribution < 1.29 is 9.90 Å². The smallest absolute Gasteiger partial charge is 0.307 e. The van der Waals surface area contributed by atoms with Crippen molar-refractivity contribution in [3.8, 4) is 0 Å². The zero-order valence-electron chi connectivity index (χ0n) is 12.1. The summed E-state index contributed by atoms with van der Waals surface area (Å²) in [6, 6.07) is 6.32. The first kappa shape index (κ1) is 15.7. The summed E-state index contributed by atoms with van der Waals surface area (Å²) < 4.78 is 0. The minimum Gasteiger partial charge on any atom is -0.481 e. The molecule has 0 aliphatic rings. The lowest BCUT2D eigenvalue weighted by Crippen LogP contribution is -2.26. The Balaban J connectivity index is 2.76. The van der Waals surface area contributed by atoms with Crippen molar-refractivity contribution >= 4 is 5.97 Å². The molecule has 1 rings (SSSR count). The fourth-order valence-electron chi connectivity index (χ4n) is 2.44. The van der Waals surface area contributed by atoms with E-state index in [1.165, 1.54) is 16.7 Å². The van der Waals surface area contributed by atoms with Crippen LogP contribution < -0.4 is 5.73 Å². The highest BCUT2D eigenvalue weighted by atomic mass is 16.4. The fourth-order valence-corrected chi connectivity index (χ4v) is 2.44. The SMILES string of the molecule is CCC(Cc1cccc(C)c1C)CC(CN)C(=O)O. The molecule has 0 amide bonds. The first-order valence-corrected chi connectivity index (χ1v) is 6.97. The number of nitrogens with two attached hydrogens (primary N) is 1. The fraction of sp³-hybridized carbons (Fsp3) is 0.562. The van der Waals surface area contributed by atoms with Crippen molar-refractivity contribution in [1.29, 1.82) is 0 Å². The van der Waals surface area contributed by atoms with Crippen LogP contribution in [0.25, 0.3) is 0 Å². The molecule has 0 heterocycles. The molecule has 1 aromatic carbocycles. The maximum Gasteiger partial charge on any atom is 0.307 e. The van der Waals surface area contributed by atoms with Crippen molar-refractivity contribution in [3.05, 3.63) is 34.9 Å². The van der Waals surface area contributed by atoms with Gasteiger partial charge in [-0.15, -0.1) is 0 Å². The molecule has 0 radical (unpaired) electrons. The number of carboxylic acids is 1. The molecule has 19 heavy (non-hydrogen) atoms. The highest BCUT2D eigenvalue weighted by molar-refractivity contribution is 5.70. The molecule has 2 atom stereocenters. The Kier molecular flexibility index (Phi) is 6.03. The van der Waals surface area contributed by atoms with Crippen molar-refractivity contribution in [3.63, 3.8) is 0 Å². The van der Waals surface area contributed by atoms with Crippen LogP contribution in [-0.4, -0.2) is 17.6 Å². The van der Waals surface area contributed by atoms with Gasteiger partial charge < -0.3 is 10.8 Å². The van der Waals surface area contributed by atoms with E-state index in [1.807, 2.05) is 0 Å². The Labute approximate surface area is 115 Å². The van der Waals surface area contributed by atoms with Gasteiger partial charge >= 0.3 is 5.97 Å². The predicted octanol–water partition coefficient (Wildman–Crippen LogP) is 2.92. The second-order valence-corrected chi connectivity index (χ2v) is 5.34. The van der Waals surface area contributed by atoms with Gasteiger partial charge in [-0.25, -0.2) is 0 Å². The van der Waals surface area contributed by atoms with Crippen LogP contribution in [0.3, 0.4) is 0 Å². The standard InChI is InChI=1S/C16H25NO2/c1-4-13(9-15(10-17)16(18)19)8-14-7-5-6-11(2)12(14)3/h5-7,13,15H,4,8-10,17H2,1-3H3,(H,18,19). The van der Waals surface area contributed by atoms with Gasteiger partial charge in [-0.3, -0.25) is 4.79 Å². The largest absolute Gasteiger partial charge is 0.481 e. The van der Waals surface area contributed by atoms with E-state index < -0.39 is 11.9 Å². The molecular formula is C16H25NO2. The van der Waals surface area contributed by atoms with Gasteiger partial charge in [0.15, 0.2) is 0 Å². The molecule has 1 aromatic rings. The van der Waals surface area contributed by atoms with E-state index in [-0.39, 0.29) is 6.54 Å². The second-order valence-electron chi connectivity index (χ2n) is 5.34. The summed E-state index contributed by atoms with van der Waals surface area (Å²) in [5.41, 5.74) is 9.48. The van der Waals surface area contributed by atoms with Crippen LogP contribution in [0.15, 0.2) is 18.2 Å². The maximum absolute atomic E-state index is 11.1. The highest BCUT2D eigenvalue weighted by Crippen LogP contribution is 2.23. The molecule has 0 aliphatic carbocycles. The van der Waals surface area contributed by atoms with Gasteiger partial charge in [0.05, 0.1) is 5.92 Å². The molecule has 106 valence electrons. The quantitative estimate of drug-likeness (QED) is 0.795. The summed E-state index contributed by atoms with van der Waals surface area (Å²) >= 11 is 0. The van der Waals surface area contributed by atoms with Gasteiger partial charge in [0.1, 0.15) is 0 Å². The molecule has 0 bridgehead atoms. The van der Waals surface area contributed by atoms with Gasteiger partial charge in [-0.2, -0.15) is 0 Å². The average Bonchev–Trinajstić information content (AvgIpc) is 2.38. The second kappa shape index (κ2) is 7.29. The van der Waals surface area contributed by atoms with Crippen molar-refractivity contribution in [2.75, 3.05) is 6.54 Å². The molecule has 0 fully saturated rings. The maximum atomic E-state index is 11.1. The molecule has 2 unspecified atom stereocenters. The Bertz CT molecular complexity index is 429. The summed E-state index contributed by atoms with van der Waals surface area (Å²) in [6.45, 7) is 6.58. The molecular weight excluding hydrogens is 238 g/mol. The van der Waals surface area contributed by atoms with Gasteiger partial charge in [-0.1, -0.05) is 31.5 Å². The van der Waals surface area contributed by atoms with Gasteiger partial charge in [-0.05, 0) is 49.3 Å². The monoisotopic (exact) mass is 263 g/mol. The summed E-state index contributed by atoms with van der Waals surface area (Å²) in [5.74, 6) is -0.817. The van der Waals surface area contributed by atoms with Crippen LogP contribution in [0.2, 0.25) is 0 Å². The van der Waals surface area contributed by atoms with E-state index >= 15 is 0 Å². The van der Waals surface area contributed by atoms with E-state index in [0.29, 0.717) is 12.3 Å². The van der Waals surface area contributed by atoms with Gasteiger partial charge in [0.2, 0.25) is 0 Å². The lowest BCUT2D eigenvalue weighted by atomic mass is 9.86. The average molecular weight is 263 g/mol. The lowest BCUT2D eigenvalue weighted by Gasteiger charge is -2.20. The third-order valence-corrected chi connectivity index (χ3v) is 4.05. The Morgan fingerprint density at radius 1 is 1.37 bits per heavy atom. The van der Waals surface area contributed by atoms with Crippen LogP contribution in [-0.2, 0) is 11.2 Å². The predicted molar refractivity (Wildman–Crippen MR) is 78.2 cm³/mol. The number of hydrogen-bond acceptors (Lipinski definition) is 2.